The smallest absolute Gasteiger partial charge is 0.313 e. The zero-order valence-corrected chi connectivity index (χ0v) is 17.3. The lowest BCUT2D eigenvalue weighted by molar-refractivity contribution is -0.136. The number of nitriles is 1. The van der Waals surface area contributed by atoms with E-state index in [2.05, 4.69) is 16.0 Å². The fraction of sp³-hybridized carbons (Fsp3) is 0.0435. The SMILES string of the molecule is N#C/C(=C/c1ccc(CNC(=O)C(=O)Nc2ccccc2)o1)C(=O)Nc1ccc(Cl)cc1. The minimum Gasteiger partial charge on any atom is -0.460 e. The highest BCUT2D eigenvalue weighted by Gasteiger charge is 2.15. The van der Waals surface area contributed by atoms with Crippen molar-refractivity contribution in [3.8, 4) is 6.07 Å². The molecule has 0 fully saturated rings. The Morgan fingerprint density at radius 3 is 2.22 bits per heavy atom. The average Bonchev–Trinajstić information content (AvgIpc) is 3.25. The van der Waals surface area contributed by atoms with Crippen LogP contribution in [0.25, 0.3) is 6.08 Å². The summed E-state index contributed by atoms with van der Waals surface area (Å²) in [6, 6.07) is 19.9. The Balaban J connectivity index is 1.56. The number of benzene rings is 2. The monoisotopic (exact) mass is 448 g/mol. The number of carbonyl (C=O) groups is 3. The van der Waals surface area contributed by atoms with Gasteiger partial charge in [-0.25, -0.2) is 0 Å². The van der Waals surface area contributed by atoms with Gasteiger partial charge in [-0.15, -0.1) is 0 Å². The molecule has 0 spiro atoms. The number of para-hydroxylation sites is 1. The quantitative estimate of drug-likeness (QED) is 0.301. The van der Waals surface area contributed by atoms with Crippen LogP contribution in [0.4, 0.5) is 11.4 Å². The molecule has 0 aliphatic heterocycles. The van der Waals surface area contributed by atoms with Crippen molar-refractivity contribution in [3.05, 3.63) is 88.8 Å². The molecule has 3 N–H and O–H groups in total. The number of carbonyl (C=O) groups excluding carboxylic acids is 3. The van der Waals surface area contributed by atoms with Gasteiger partial charge in [-0.05, 0) is 48.5 Å². The molecule has 8 nitrogen and oxygen atoms in total. The lowest BCUT2D eigenvalue weighted by Crippen LogP contribution is -2.34. The fourth-order valence-corrected chi connectivity index (χ4v) is 2.67. The van der Waals surface area contributed by atoms with Gasteiger partial charge in [0.2, 0.25) is 0 Å². The number of hydrogen-bond donors (Lipinski definition) is 3. The molecule has 3 amide bonds. The Morgan fingerprint density at radius 2 is 1.53 bits per heavy atom. The third-order valence-electron chi connectivity index (χ3n) is 4.10. The number of hydrogen-bond acceptors (Lipinski definition) is 5. The van der Waals surface area contributed by atoms with E-state index in [0.717, 1.165) is 0 Å². The van der Waals surface area contributed by atoms with Gasteiger partial charge >= 0.3 is 11.8 Å². The number of anilines is 2. The van der Waals surface area contributed by atoms with Crippen LogP contribution in [0.5, 0.6) is 0 Å². The summed E-state index contributed by atoms with van der Waals surface area (Å²) < 4.78 is 5.51. The van der Waals surface area contributed by atoms with Crippen molar-refractivity contribution < 1.29 is 18.8 Å². The Bertz CT molecular complexity index is 1190. The van der Waals surface area contributed by atoms with E-state index in [0.29, 0.717) is 22.2 Å². The van der Waals surface area contributed by atoms with Crippen LogP contribution in [0.1, 0.15) is 11.5 Å². The minimum atomic E-state index is -0.831. The van der Waals surface area contributed by atoms with Crippen molar-refractivity contribution >= 4 is 46.8 Å². The van der Waals surface area contributed by atoms with Gasteiger partial charge < -0.3 is 20.4 Å². The number of nitrogens with zero attached hydrogens (tertiary/aromatic N) is 1. The van der Waals surface area contributed by atoms with Crippen LogP contribution in [-0.2, 0) is 20.9 Å². The maximum atomic E-state index is 12.3. The van der Waals surface area contributed by atoms with Crippen LogP contribution in [0.15, 0.2) is 76.7 Å². The molecule has 1 aromatic heterocycles. The minimum absolute atomic E-state index is 0.0479. The van der Waals surface area contributed by atoms with Crippen LogP contribution in [0.3, 0.4) is 0 Å². The molecule has 0 atom stereocenters. The maximum absolute atomic E-state index is 12.3. The van der Waals surface area contributed by atoms with Crippen molar-refractivity contribution in [1.82, 2.24) is 5.32 Å². The second-order valence-electron chi connectivity index (χ2n) is 6.44. The van der Waals surface area contributed by atoms with Gasteiger partial charge in [-0.3, -0.25) is 14.4 Å². The van der Waals surface area contributed by atoms with E-state index in [4.69, 9.17) is 16.0 Å². The predicted molar refractivity (Wildman–Crippen MR) is 119 cm³/mol. The molecular weight excluding hydrogens is 432 g/mol. The van der Waals surface area contributed by atoms with Crippen LogP contribution in [-0.4, -0.2) is 17.7 Å². The third-order valence-corrected chi connectivity index (χ3v) is 4.35. The second kappa shape index (κ2) is 10.6. The molecule has 1 heterocycles. The summed E-state index contributed by atoms with van der Waals surface area (Å²) in [7, 11) is 0. The van der Waals surface area contributed by atoms with Gasteiger partial charge in [0.05, 0.1) is 6.54 Å². The number of furan rings is 1. The standard InChI is InChI=1S/C23H17ClN4O4/c24-16-6-8-18(9-7-16)27-21(29)15(13-25)12-19-10-11-20(32-19)14-26-22(30)23(31)28-17-4-2-1-3-5-17/h1-12H,14H2,(H,26,30)(H,27,29)(H,28,31)/b15-12-. The first kappa shape index (κ1) is 22.3. The first-order valence-corrected chi connectivity index (χ1v) is 9.74. The van der Waals surface area contributed by atoms with E-state index in [9.17, 15) is 19.6 Å². The molecule has 32 heavy (non-hydrogen) atoms. The Hall–Kier alpha value is -4.35. The largest absolute Gasteiger partial charge is 0.460 e. The van der Waals surface area contributed by atoms with E-state index in [1.807, 2.05) is 6.07 Å². The highest BCUT2D eigenvalue weighted by molar-refractivity contribution is 6.39. The summed E-state index contributed by atoms with van der Waals surface area (Å²) in [4.78, 5) is 36.2. The molecule has 3 rings (SSSR count). The van der Waals surface area contributed by atoms with Crippen LogP contribution in [0.2, 0.25) is 5.02 Å². The fourth-order valence-electron chi connectivity index (χ4n) is 2.55. The molecular formula is C23H17ClN4O4. The van der Waals surface area contributed by atoms with Crippen LogP contribution in [0, 0.1) is 11.3 Å². The van der Waals surface area contributed by atoms with Crippen molar-refractivity contribution in [2.24, 2.45) is 0 Å². The van der Waals surface area contributed by atoms with Crippen molar-refractivity contribution in [2.75, 3.05) is 10.6 Å². The first-order chi connectivity index (χ1) is 15.4. The molecule has 0 unspecified atom stereocenters. The molecule has 0 aliphatic rings. The highest BCUT2D eigenvalue weighted by Crippen LogP contribution is 2.16. The van der Waals surface area contributed by atoms with Crippen molar-refractivity contribution in [3.63, 3.8) is 0 Å². The maximum Gasteiger partial charge on any atom is 0.313 e. The summed E-state index contributed by atoms with van der Waals surface area (Å²) in [5, 5.41) is 17.3. The Morgan fingerprint density at radius 1 is 0.875 bits per heavy atom. The number of halogens is 1. The van der Waals surface area contributed by atoms with E-state index in [1.165, 1.54) is 6.08 Å². The normalized spacial score (nSPS) is 10.7. The van der Waals surface area contributed by atoms with Gasteiger partial charge in [0.1, 0.15) is 23.2 Å². The van der Waals surface area contributed by atoms with Gasteiger partial charge in [-0.2, -0.15) is 5.26 Å². The van der Waals surface area contributed by atoms with E-state index >= 15 is 0 Å². The molecule has 9 heteroatoms. The summed E-state index contributed by atoms with van der Waals surface area (Å²) in [6.45, 7) is -0.0479. The van der Waals surface area contributed by atoms with E-state index in [1.54, 1.807) is 66.7 Å². The lowest BCUT2D eigenvalue weighted by atomic mass is 10.2. The third kappa shape index (κ3) is 6.32. The number of amides is 3. The second-order valence-corrected chi connectivity index (χ2v) is 6.87. The average molecular weight is 449 g/mol. The van der Waals surface area contributed by atoms with Crippen LogP contribution < -0.4 is 16.0 Å². The first-order valence-electron chi connectivity index (χ1n) is 9.36. The molecule has 3 aromatic rings. The van der Waals surface area contributed by atoms with Crippen molar-refractivity contribution in [2.45, 2.75) is 6.54 Å². The zero-order valence-electron chi connectivity index (χ0n) is 16.6. The Labute approximate surface area is 188 Å². The number of rotatable bonds is 6. The summed E-state index contributed by atoms with van der Waals surface area (Å²) in [5.41, 5.74) is 0.809. The summed E-state index contributed by atoms with van der Waals surface area (Å²) in [6.07, 6.45) is 1.28. The predicted octanol–water partition coefficient (Wildman–Crippen LogP) is 3.73. The highest BCUT2D eigenvalue weighted by atomic mass is 35.5. The molecule has 0 aliphatic carbocycles. The molecule has 0 radical (unpaired) electrons. The van der Waals surface area contributed by atoms with Crippen molar-refractivity contribution in [1.29, 1.82) is 5.26 Å². The summed E-state index contributed by atoms with van der Waals surface area (Å²) >= 11 is 5.81. The van der Waals surface area contributed by atoms with E-state index in [-0.39, 0.29) is 17.9 Å². The Kier molecular flexibility index (Phi) is 7.41. The number of nitrogens with one attached hydrogen (secondary N) is 3. The van der Waals surface area contributed by atoms with Gasteiger partial charge in [0.15, 0.2) is 0 Å². The lowest BCUT2D eigenvalue weighted by Gasteiger charge is -2.05. The van der Waals surface area contributed by atoms with Crippen LogP contribution >= 0.6 is 11.6 Å². The molecule has 0 bridgehead atoms. The zero-order chi connectivity index (χ0) is 22.9. The molecule has 0 saturated heterocycles. The molecule has 0 saturated carbocycles. The molecule has 2 aromatic carbocycles. The van der Waals surface area contributed by atoms with Gasteiger partial charge in [0.25, 0.3) is 5.91 Å². The van der Waals surface area contributed by atoms with Gasteiger partial charge in [-0.1, -0.05) is 29.8 Å². The molecule has 160 valence electrons. The van der Waals surface area contributed by atoms with Gasteiger partial charge in [0, 0.05) is 22.5 Å². The topological polar surface area (TPSA) is 124 Å². The summed E-state index contributed by atoms with van der Waals surface area (Å²) in [5.74, 6) is -1.67. The van der Waals surface area contributed by atoms with E-state index < -0.39 is 17.7 Å².